The number of hydrogen-bond donors (Lipinski definition) is 1. The molecule has 0 amide bonds. The highest BCUT2D eigenvalue weighted by Crippen LogP contribution is 2.35. The number of thiophene rings is 1. The van der Waals surface area contributed by atoms with Crippen molar-refractivity contribution in [1.29, 1.82) is 0 Å². The lowest BCUT2D eigenvalue weighted by atomic mass is 10.1. The summed E-state index contributed by atoms with van der Waals surface area (Å²) in [5.74, 6) is 0. The van der Waals surface area contributed by atoms with Gasteiger partial charge in [-0.1, -0.05) is 37.3 Å². The summed E-state index contributed by atoms with van der Waals surface area (Å²) in [6.07, 6.45) is 9.70. The molecule has 2 aromatic rings. The Bertz CT molecular complexity index is 553. The van der Waals surface area contributed by atoms with E-state index < -0.39 is 0 Å². The normalized spacial score (nSPS) is 17.5. The van der Waals surface area contributed by atoms with Crippen LogP contribution in [-0.2, 0) is 0 Å². The average Bonchev–Trinajstić information content (AvgIpc) is 2.86. The molecule has 3 nitrogen and oxygen atoms in total. The third-order valence-corrected chi connectivity index (χ3v) is 5.00. The second-order valence-corrected chi connectivity index (χ2v) is 6.88. The van der Waals surface area contributed by atoms with Crippen molar-refractivity contribution in [2.75, 3.05) is 5.73 Å². The van der Waals surface area contributed by atoms with Crippen LogP contribution >= 0.6 is 22.9 Å². The molecule has 2 aromatic heterocycles. The highest BCUT2D eigenvalue weighted by Gasteiger charge is 2.18. The molecule has 0 aliphatic heterocycles. The quantitative estimate of drug-likeness (QED) is 0.813. The summed E-state index contributed by atoms with van der Waals surface area (Å²) < 4.78 is 2.85. The van der Waals surface area contributed by atoms with Crippen molar-refractivity contribution in [3.63, 3.8) is 0 Å². The molecule has 0 bridgehead atoms. The average molecular weight is 296 g/mol. The molecular weight excluding hydrogens is 278 g/mol. The molecule has 0 saturated heterocycles. The van der Waals surface area contributed by atoms with Crippen LogP contribution < -0.4 is 5.73 Å². The molecule has 1 fully saturated rings. The molecule has 0 radical (unpaired) electrons. The molecule has 0 unspecified atom stereocenters. The van der Waals surface area contributed by atoms with Gasteiger partial charge in [0.15, 0.2) is 0 Å². The van der Waals surface area contributed by atoms with E-state index in [-0.39, 0.29) is 0 Å². The van der Waals surface area contributed by atoms with Gasteiger partial charge in [-0.3, -0.25) is 4.68 Å². The minimum absolute atomic E-state index is 0.508. The maximum atomic E-state index is 6.11. The lowest BCUT2D eigenvalue weighted by Crippen LogP contribution is -2.08. The van der Waals surface area contributed by atoms with Crippen molar-refractivity contribution >= 4 is 28.6 Å². The molecule has 102 valence electrons. The topological polar surface area (TPSA) is 43.8 Å². The van der Waals surface area contributed by atoms with E-state index in [1.807, 2.05) is 18.3 Å². The van der Waals surface area contributed by atoms with Crippen LogP contribution in [0.2, 0.25) is 4.34 Å². The van der Waals surface area contributed by atoms with Gasteiger partial charge >= 0.3 is 0 Å². The van der Waals surface area contributed by atoms with Gasteiger partial charge in [0, 0.05) is 6.20 Å². The molecule has 19 heavy (non-hydrogen) atoms. The highest BCUT2D eigenvalue weighted by atomic mass is 35.5. The summed E-state index contributed by atoms with van der Waals surface area (Å²) in [7, 11) is 0. The first-order valence-corrected chi connectivity index (χ1v) is 8.04. The minimum atomic E-state index is 0.508. The van der Waals surface area contributed by atoms with Crippen molar-refractivity contribution in [1.82, 2.24) is 9.78 Å². The van der Waals surface area contributed by atoms with Gasteiger partial charge in [0.1, 0.15) is 5.69 Å². The Morgan fingerprint density at radius 1 is 1.21 bits per heavy atom. The predicted octanol–water partition coefficient (Wildman–Crippen LogP) is 4.74. The summed E-state index contributed by atoms with van der Waals surface area (Å²) in [5, 5.41) is 4.70. The van der Waals surface area contributed by atoms with E-state index in [4.69, 9.17) is 22.4 Å². The second kappa shape index (κ2) is 5.55. The Balaban J connectivity index is 1.88. The lowest BCUT2D eigenvalue weighted by molar-refractivity contribution is 0.406. The number of rotatable bonds is 2. The van der Waals surface area contributed by atoms with Crippen LogP contribution in [-0.4, -0.2) is 9.78 Å². The Morgan fingerprint density at radius 2 is 1.95 bits per heavy atom. The van der Waals surface area contributed by atoms with E-state index in [1.54, 1.807) is 0 Å². The van der Waals surface area contributed by atoms with Gasteiger partial charge in [0.25, 0.3) is 0 Å². The van der Waals surface area contributed by atoms with E-state index in [1.165, 1.54) is 49.9 Å². The number of hydrogen-bond acceptors (Lipinski definition) is 3. The largest absolute Gasteiger partial charge is 0.396 e. The van der Waals surface area contributed by atoms with Crippen LogP contribution in [0.25, 0.3) is 10.6 Å². The van der Waals surface area contributed by atoms with E-state index in [0.29, 0.717) is 6.04 Å². The molecule has 2 heterocycles. The van der Waals surface area contributed by atoms with Crippen LogP contribution in [0.1, 0.15) is 44.6 Å². The molecule has 0 aromatic carbocycles. The van der Waals surface area contributed by atoms with Crippen LogP contribution in [0, 0.1) is 0 Å². The predicted molar refractivity (Wildman–Crippen MR) is 81.7 cm³/mol. The summed E-state index contributed by atoms with van der Waals surface area (Å²) in [5.41, 5.74) is 7.74. The molecule has 1 aliphatic rings. The molecule has 1 aliphatic carbocycles. The number of anilines is 1. The SMILES string of the molecule is Nc1cn(C2CCCCCC2)nc1-c1ccc(Cl)s1. The Labute approximate surface area is 122 Å². The second-order valence-electron chi connectivity index (χ2n) is 5.16. The van der Waals surface area contributed by atoms with Crippen molar-refractivity contribution < 1.29 is 0 Å². The smallest absolute Gasteiger partial charge is 0.125 e. The van der Waals surface area contributed by atoms with Crippen LogP contribution in [0.3, 0.4) is 0 Å². The monoisotopic (exact) mass is 295 g/mol. The zero-order valence-electron chi connectivity index (χ0n) is 10.8. The maximum absolute atomic E-state index is 6.11. The first-order chi connectivity index (χ1) is 9.24. The van der Waals surface area contributed by atoms with E-state index >= 15 is 0 Å². The van der Waals surface area contributed by atoms with Gasteiger partial charge in [-0.25, -0.2) is 0 Å². The first kappa shape index (κ1) is 13.0. The molecule has 3 rings (SSSR count). The lowest BCUT2D eigenvalue weighted by Gasteiger charge is -2.14. The van der Waals surface area contributed by atoms with Crippen molar-refractivity contribution in [3.8, 4) is 10.6 Å². The zero-order chi connectivity index (χ0) is 13.2. The number of nitrogens with zero attached hydrogens (tertiary/aromatic N) is 2. The highest BCUT2D eigenvalue weighted by molar-refractivity contribution is 7.19. The van der Waals surface area contributed by atoms with Crippen LogP contribution in [0.4, 0.5) is 5.69 Å². The number of nitrogens with two attached hydrogens (primary N) is 1. The summed E-state index contributed by atoms with van der Waals surface area (Å²) in [6.45, 7) is 0. The third-order valence-electron chi connectivity index (χ3n) is 3.77. The van der Waals surface area contributed by atoms with Gasteiger partial charge in [-0.15, -0.1) is 11.3 Å². The van der Waals surface area contributed by atoms with Crippen molar-refractivity contribution in [2.45, 2.75) is 44.6 Å². The van der Waals surface area contributed by atoms with Gasteiger partial charge in [-0.2, -0.15) is 5.10 Å². The number of halogens is 1. The van der Waals surface area contributed by atoms with E-state index in [9.17, 15) is 0 Å². The van der Waals surface area contributed by atoms with Crippen molar-refractivity contribution in [3.05, 3.63) is 22.7 Å². The summed E-state index contributed by atoms with van der Waals surface area (Å²) in [6, 6.07) is 4.39. The number of aromatic nitrogens is 2. The van der Waals surface area contributed by atoms with Gasteiger partial charge in [0.2, 0.25) is 0 Å². The van der Waals surface area contributed by atoms with Gasteiger partial charge < -0.3 is 5.73 Å². The maximum Gasteiger partial charge on any atom is 0.125 e. The van der Waals surface area contributed by atoms with Crippen LogP contribution in [0.15, 0.2) is 18.3 Å². The van der Waals surface area contributed by atoms with Gasteiger partial charge in [-0.05, 0) is 25.0 Å². The molecule has 0 atom stereocenters. The van der Waals surface area contributed by atoms with Gasteiger partial charge in [0.05, 0.1) is 20.9 Å². The first-order valence-electron chi connectivity index (χ1n) is 6.84. The van der Waals surface area contributed by atoms with E-state index in [0.717, 1.165) is 20.6 Å². The fourth-order valence-corrected chi connectivity index (χ4v) is 3.80. The fourth-order valence-electron chi connectivity index (χ4n) is 2.75. The zero-order valence-corrected chi connectivity index (χ0v) is 12.4. The fraction of sp³-hybridized carbons (Fsp3) is 0.500. The number of nitrogen functional groups attached to an aromatic ring is 1. The molecule has 0 spiro atoms. The summed E-state index contributed by atoms with van der Waals surface area (Å²) >= 11 is 7.51. The van der Waals surface area contributed by atoms with Crippen LogP contribution in [0.5, 0.6) is 0 Å². The molecule has 5 heteroatoms. The summed E-state index contributed by atoms with van der Waals surface area (Å²) in [4.78, 5) is 1.05. The Hall–Kier alpha value is -1.000. The standard InChI is InChI=1S/C14H18ClN3S/c15-13-8-7-12(19-13)14-11(16)9-18(17-14)10-5-3-1-2-4-6-10/h7-10H,1-6,16H2. The third kappa shape index (κ3) is 2.79. The molecule has 1 saturated carbocycles. The molecular formula is C14H18ClN3S. The Kier molecular flexibility index (Phi) is 3.80. The van der Waals surface area contributed by atoms with Crippen molar-refractivity contribution in [2.24, 2.45) is 0 Å². The minimum Gasteiger partial charge on any atom is -0.396 e. The Morgan fingerprint density at radius 3 is 2.58 bits per heavy atom. The molecule has 2 N–H and O–H groups in total. The van der Waals surface area contributed by atoms with E-state index in [2.05, 4.69) is 4.68 Å².